The van der Waals surface area contributed by atoms with Crippen molar-refractivity contribution in [2.45, 2.75) is 16.1 Å². The summed E-state index contributed by atoms with van der Waals surface area (Å²) in [6.07, 6.45) is 0. The Morgan fingerprint density at radius 2 is 1.70 bits per heavy atom. The van der Waals surface area contributed by atoms with Crippen molar-refractivity contribution in [1.29, 1.82) is 0 Å². The second-order valence-corrected chi connectivity index (χ2v) is 10.3. The molecule has 1 aliphatic heterocycles. The van der Waals surface area contributed by atoms with Gasteiger partial charge < -0.3 is 5.11 Å². The Hall–Kier alpha value is -3.27. The van der Waals surface area contributed by atoms with Crippen LogP contribution in [-0.2, 0) is 15.3 Å². The minimum Gasteiger partial charge on any atom is -0.507 e. The zero-order chi connectivity index (χ0) is 22.8. The van der Waals surface area contributed by atoms with Crippen LogP contribution >= 0.6 is 34.4 Å². The summed E-state index contributed by atoms with van der Waals surface area (Å²) in [4.78, 5) is 28.3. The van der Waals surface area contributed by atoms with E-state index in [0.717, 1.165) is 16.2 Å². The average molecular weight is 492 g/mol. The molecule has 1 fully saturated rings. The van der Waals surface area contributed by atoms with Gasteiger partial charge in [0.15, 0.2) is 4.34 Å². The second kappa shape index (κ2) is 9.30. The molecule has 0 spiro atoms. The zero-order valence-corrected chi connectivity index (χ0v) is 19.6. The molecule has 0 aliphatic carbocycles. The fraction of sp³-hybridized carbons (Fsp3) is 0.0833. The summed E-state index contributed by atoms with van der Waals surface area (Å²) in [5.74, 6) is -0.931. The first-order chi connectivity index (χ1) is 16.1. The summed E-state index contributed by atoms with van der Waals surface area (Å²) in [5, 5.41) is 21.7. The molecular weight excluding hydrogens is 474 g/mol. The number of aliphatic hydroxyl groups excluding tert-OH is 1. The fourth-order valence-electron chi connectivity index (χ4n) is 3.57. The van der Waals surface area contributed by atoms with Gasteiger partial charge in [-0.2, -0.15) is 0 Å². The van der Waals surface area contributed by atoms with Gasteiger partial charge in [0.05, 0.1) is 5.57 Å². The Balaban J connectivity index is 1.51. The van der Waals surface area contributed by atoms with Crippen LogP contribution in [0, 0.1) is 0 Å². The van der Waals surface area contributed by atoms with E-state index in [9.17, 15) is 14.7 Å². The number of aliphatic hydroxyl groups is 1. The number of aromatic nitrogens is 2. The van der Waals surface area contributed by atoms with Crippen LogP contribution in [0.15, 0.2) is 88.1 Å². The number of hydrogen-bond donors (Lipinski definition) is 1. The molecule has 5 rings (SSSR count). The van der Waals surface area contributed by atoms with Crippen LogP contribution in [0.2, 0.25) is 0 Å². The van der Waals surface area contributed by atoms with E-state index in [-0.39, 0.29) is 11.3 Å². The van der Waals surface area contributed by atoms with E-state index >= 15 is 0 Å². The predicted molar refractivity (Wildman–Crippen MR) is 131 cm³/mol. The molecule has 1 unspecified atom stereocenters. The van der Waals surface area contributed by atoms with E-state index in [0.29, 0.717) is 15.0 Å². The number of thioether (sulfide) groups is 1. The van der Waals surface area contributed by atoms with Crippen LogP contribution in [0.3, 0.4) is 0 Å². The van der Waals surface area contributed by atoms with Crippen molar-refractivity contribution >= 4 is 57.0 Å². The molecule has 1 aliphatic rings. The second-order valence-electron chi connectivity index (χ2n) is 7.18. The summed E-state index contributed by atoms with van der Waals surface area (Å²) < 4.78 is 0.698. The van der Waals surface area contributed by atoms with Gasteiger partial charge in [0.1, 0.15) is 11.8 Å². The Labute approximate surface area is 202 Å². The molecule has 4 aromatic rings. The highest BCUT2D eigenvalue weighted by Crippen LogP contribution is 2.45. The van der Waals surface area contributed by atoms with Crippen LogP contribution in [0.25, 0.3) is 5.76 Å². The molecule has 1 amide bonds. The Morgan fingerprint density at radius 1 is 0.970 bits per heavy atom. The van der Waals surface area contributed by atoms with Gasteiger partial charge in [-0.25, -0.2) is 0 Å². The van der Waals surface area contributed by atoms with Gasteiger partial charge in [0.25, 0.3) is 5.78 Å². The molecule has 1 atom stereocenters. The number of carbonyl (C=O) groups is 2. The number of thiophene rings is 1. The minimum absolute atomic E-state index is 0.0577. The van der Waals surface area contributed by atoms with Crippen molar-refractivity contribution in [2.24, 2.45) is 0 Å². The standard InChI is InChI=1S/C24H17N3O3S3/c28-20(16-10-5-2-6-11-16)18-19(17-12-7-13-31-17)27(22(30)21(18)29)23-25-26-24(33-23)32-14-15-8-3-1-4-9-15/h1-13,19,28H,14H2/b20-18+. The monoisotopic (exact) mass is 491 g/mol. The van der Waals surface area contributed by atoms with Crippen LogP contribution in [0.5, 0.6) is 0 Å². The van der Waals surface area contributed by atoms with Crippen LogP contribution in [0.4, 0.5) is 5.13 Å². The van der Waals surface area contributed by atoms with Crippen molar-refractivity contribution in [3.05, 3.63) is 99.8 Å². The molecule has 9 heteroatoms. The number of rotatable bonds is 6. The van der Waals surface area contributed by atoms with E-state index in [1.54, 1.807) is 24.3 Å². The molecule has 1 N–H and O–H groups in total. The maximum absolute atomic E-state index is 13.1. The predicted octanol–water partition coefficient (Wildman–Crippen LogP) is 5.52. The molecule has 0 bridgehead atoms. The lowest BCUT2D eigenvalue weighted by Crippen LogP contribution is -2.29. The van der Waals surface area contributed by atoms with Gasteiger partial charge >= 0.3 is 5.91 Å². The summed E-state index contributed by atoms with van der Waals surface area (Å²) in [6.45, 7) is 0. The Morgan fingerprint density at radius 3 is 2.39 bits per heavy atom. The van der Waals surface area contributed by atoms with Crippen LogP contribution < -0.4 is 4.90 Å². The smallest absolute Gasteiger partial charge is 0.301 e. The van der Waals surface area contributed by atoms with Crippen molar-refractivity contribution in [2.75, 3.05) is 4.90 Å². The molecule has 1 saturated heterocycles. The topological polar surface area (TPSA) is 83.4 Å². The van der Waals surface area contributed by atoms with Crippen LogP contribution in [-0.4, -0.2) is 27.0 Å². The van der Waals surface area contributed by atoms with Gasteiger partial charge in [0.2, 0.25) is 5.13 Å². The molecule has 164 valence electrons. The lowest BCUT2D eigenvalue weighted by atomic mass is 10.00. The SMILES string of the molecule is O=C1C(=O)N(c2nnc(SCc3ccccc3)s2)C(c2cccs2)/C1=C(\O)c1ccccc1. The lowest BCUT2D eigenvalue weighted by molar-refractivity contribution is -0.132. The number of amides is 1. The van der Waals surface area contributed by atoms with Gasteiger partial charge in [-0.1, -0.05) is 89.8 Å². The molecule has 2 aromatic heterocycles. The normalized spacial score (nSPS) is 17.6. The third-order valence-corrected chi connectivity index (χ3v) is 8.16. The number of Topliss-reactive ketones (excluding diaryl/α,β-unsaturated/α-hetero) is 1. The fourth-order valence-corrected chi connectivity index (χ4v) is 6.22. The molecule has 6 nitrogen and oxygen atoms in total. The maximum atomic E-state index is 13.1. The van der Waals surface area contributed by atoms with E-state index in [1.807, 2.05) is 53.9 Å². The van der Waals surface area contributed by atoms with Crippen molar-refractivity contribution in [3.63, 3.8) is 0 Å². The summed E-state index contributed by atoms with van der Waals surface area (Å²) in [7, 11) is 0. The summed E-state index contributed by atoms with van der Waals surface area (Å²) in [6, 6.07) is 21.7. The first kappa shape index (κ1) is 21.6. The van der Waals surface area contributed by atoms with Gasteiger partial charge in [-0.15, -0.1) is 21.5 Å². The van der Waals surface area contributed by atoms with Crippen molar-refractivity contribution in [1.82, 2.24) is 10.2 Å². The first-order valence-corrected chi connectivity index (χ1v) is 12.7. The molecule has 33 heavy (non-hydrogen) atoms. The molecule has 0 saturated carbocycles. The number of nitrogens with zero attached hydrogens (tertiary/aromatic N) is 3. The van der Waals surface area contributed by atoms with Gasteiger partial charge in [-0.3, -0.25) is 14.5 Å². The Kier molecular flexibility index (Phi) is 6.08. The maximum Gasteiger partial charge on any atom is 0.301 e. The van der Waals surface area contributed by atoms with E-state index in [1.165, 1.54) is 39.3 Å². The quantitative estimate of drug-likeness (QED) is 0.126. The first-order valence-electron chi connectivity index (χ1n) is 10.0. The molecule has 3 heterocycles. The zero-order valence-electron chi connectivity index (χ0n) is 17.1. The number of hydrogen-bond acceptors (Lipinski definition) is 8. The van der Waals surface area contributed by atoms with Gasteiger partial charge in [-0.05, 0) is 17.0 Å². The largest absolute Gasteiger partial charge is 0.507 e. The average Bonchev–Trinajstić information content (AvgIpc) is 3.59. The van der Waals surface area contributed by atoms with Gasteiger partial charge in [0, 0.05) is 16.2 Å². The number of anilines is 1. The van der Waals surface area contributed by atoms with Crippen LogP contribution in [0.1, 0.15) is 22.0 Å². The highest BCUT2D eigenvalue weighted by atomic mass is 32.2. The lowest BCUT2D eigenvalue weighted by Gasteiger charge is -2.20. The number of ketones is 1. The third kappa shape index (κ3) is 4.22. The number of benzene rings is 2. The van der Waals surface area contributed by atoms with Crippen molar-refractivity contribution < 1.29 is 14.7 Å². The van der Waals surface area contributed by atoms with E-state index < -0.39 is 17.7 Å². The number of carbonyl (C=O) groups excluding carboxylic acids is 2. The van der Waals surface area contributed by atoms with E-state index in [4.69, 9.17) is 0 Å². The molecule has 0 radical (unpaired) electrons. The van der Waals surface area contributed by atoms with E-state index in [2.05, 4.69) is 10.2 Å². The summed E-state index contributed by atoms with van der Waals surface area (Å²) >= 11 is 4.19. The molecular formula is C24H17N3O3S3. The highest BCUT2D eigenvalue weighted by molar-refractivity contribution is 8.00. The summed E-state index contributed by atoms with van der Waals surface area (Å²) in [5.41, 5.74) is 1.69. The Bertz CT molecular complexity index is 1320. The minimum atomic E-state index is -0.759. The third-order valence-electron chi connectivity index (χ3n) is 5.11. The highest BCUT2D eigenvalue weighted by Gasteiger charge is 2.48. The van der Waals surface area contributed by atoms with Crippen molar-refractivity contribution in [3.8, 4) is 0 Å². The molecule has 2 aromatic carbocycles.